The van der Waals surface area contributed by atoms with Gasteiger partial charge in [-0.15, -0.1) is 0 Å². The first-order valence-corrected chi connectivity index (χ1v) is 7.77. The number of nitro benzene ring substituents is 1. The number of ether oxygens (including phenoxy) is 1. The Morgan fingerprint density at radius 1 is 1.08 bits per heavy atom. The van der Waals surface area contributed by atoms with Crippen LogP contribution in [0.25, 0.3) is 0 Å². The molecule has 0 atom stereocenters. The second kappa shape index (κ2) is 8.79. The third-order valence-corrected chi connectivity index (χ3v) is 3.51. The number of para-hydroxylation sites is 1. The maximum Gasteiger partial charge on any atom is 0.306 e. The van der Waals surface area contributed by atoms with Gasteiger partial charge in [-0.05, 0) is 30.3 Å². The molecule has 25 heavy (non-hydrogen) atoms. The minimum absolute atomic E-state index is 0.0572. The van der Waals surface area contributed by atoms with Crippen molar-refractivity contribution < 1.29 is 19.2 Å². The van der Waals surface area contributed by atoms with Crippen LogP contribution in [0.3, 0.4) is 0 Å². The number of anilines is 1. The predicted octanol–water partition coefficient (Wildman–Crippen LogP) is 3.71. The Kier molecular flexibility index (Phi) is 6.47. The van der Waals surface area contributed by atoms with E-state index in [9.17, 15) is 19.7 Å². The third-order valence-electron chi connectivity index (χ3n) is 3.26. The van der Waals surface area contributed by atoms with Crippen LogP contribution in [0.15, 0.2) is 48.5 Å². The zero-order valence-electron chi connectivity index (χ0n) is 13.1. The van der Waals surface area contributed by atoms with Crippen molar-refractivity contribution in [2.45, 2.75) is 19.4 Å². The van der Waals surface area contributed by atoms with Crippen molar-refractivity contribution in [3.05, 3.63) is 69.2 Å². The molecule has 0 fully saturated rings. The molecular formula is C17H15ClN2O5. The number of amides is 1. The zero-order valence-corrected chi connectivity index (χ0v) is 13.9. The van der Waals surface area contributed by atoms with Gasteiger partial charge < -0.3 is 10.1 Å². The van der Waals surface area contributed by atoms with Crippen LogP contribution in [0.2, 0.25) is 5.02 Å². The Morgan fingerprint density at radius 2 is 1.76 bits per heavy atom. The van der Waals surface area contributed by atoms with Crippen molar-refractivity contribution in [2.24, 2.45) is 0 Å². The lowest BCUT2D eigenvalue weighted by Gasteiger charge is -2.07. The summed E-state index contributed by atoms with van der Waals surface area (Å²) >= 11 is 5.75. The molecule has 8 heteroatoms. The average Bonchev–Trinajstić information content (AvgIpc) is 2.60. The normalized spacial score (nSPS) is 10.1. The van der Waals surface area contributed by atoms with Crippen molar-refractivity contribution in [3.63, 3.8) is 0 Å². The maximum atomic E-state index is 11.8. The molecule has 1 amide bonds. The van der Waals surface area contributed by atoms with Crippen LogP contribution < -0.4 is 5.32 Å². The first-order chi connectivity index (χ1) is 12.0. The van der Waals surface area contributed by atoms with Gasteiger partial charge in [-0.3, -0.25) is 19.7 Å². The van der Waals surface area contributed by atoms with Gasteiger partial charge in [0.2, 0.25) is 5.91 Å². The van der Waals surface area contributed by atoms with Gasteiger partial charge in [-0.2, -0.15) is 0 Å². The number of esters is 1. The lowest BCUT2D eigenvalue weighted by molar-refractivity contribution is -0.385. The molecule has 2 rings (SSSR count). The summed E-state index contributed by atoms with van der Waals surface area (Å²) in [6.45, 7) is -0.214. The van der Waals surface area contributed by atoms with Crippen LogP contribution in [0.5, 0.6) is 0 Å². The lowest BCUT2D eigenvalue weighted by Crippen LogP contribution is -2.14. The van der Waals surface area contributed by atoms with Crippen LogP contribution in [0, 0.1) is 10.1 Å². The molecule has 0 heterocycles. The van der Waals surface area contributed by atoms with Crippen LogP contribution in [0.1, 0.15) is 18.4 Å². The van der Waals surface area contributed by atoms with Gasteiger partial charge in [0, 0.05) is 23.2 Å². The predicted molar refractivity (Wildman–Crippen MR) is 92.2 cm³/mol. The molecule has 0 aromatic heterocycles. The summed E-state index contributed by atoms with van der Waals surface area (Å²) < 4.78 is 4.99. The van der Waals surface area contributed by atoms with E-state index < -0.39 is 10.9 Å². The minimum atomic E-state index is -0.607. The highest BCUT2D eigenvalue weighted by atomic mass is 35.5. The van der Waals surface area contributed by atoms with Crippen molar-refractivity contribution in [2.75, 3.05) is 5.32 Å². The van der Waals surface area contributed by atoms with Gasteiger partial charge in [0.05, 0.1) is 16.9 Å². The number of hydrogen-bond acceptors (Lipinski definition) is 5. The van der Waals surface area contributed by atoms with Gasteiger partial charge in [0.25, 0.3) is 5.69 Å². The highest BCUT2D eigenvalue weighted by Gasteiger charge is 2.14. The number of rotatable bonds is 7. The number of carbonyl (C=O) groups is 2. The largest absolute Gasteiger partial charge is 0.461 e. The second-order valence-electron chi connectivity index (χ2n) is 5.10. The molecule has 7 nitrogen and oxygen atoms in total. The van der Waals surface area contributed by atoms with E-state index in [2.05, 4.69) is 5.32 Å². The summed E-state index contributed by atoms with van der Waals surface area (Å²) in [5.74, 6) is -0.950. The van der Waals surface area contributed by atoms with E-state index in [-0.39, 0.29) is 31.0 Å². The summed E-state index contributed by atoms with van der Waals surface area (Å²) in [4.78, 5) is 33.8. The van der Waals surface area contributed by atoms with E-state index in [0.717, 1.165) is 0 Å². The maximum absolute atomic E-state index is 11.8. The zero-order chi connectivity index (χ0) is 18.2. The van der Waals surface area contributed by atoms with Gasteiger partial charge in [0.15, 0.2) is 0 Å². The van der Waals surface area contributed by atoms with Gasteiger partial charge in [0.1, 0.15) is 6.61 Å². The first-order valence-electron chi connectivity index (χ1n) is 7.39. The van der Waals surface area contributed by atoms with E-state index in [1.54, 1.807) is 30.3 Å². The Bertz CT molecular complexity index is 777. The molecule has 1 N–H and O–H groups in total. The Balaban J connectivity index is 1.78. The average molecular weight is 363 g/mol. The fraction of sp³-hybridized carbons (Fsp3) is 0.176. The van der Waals surface area contributed by atoms with E-state index >= 15 is 0 Å². The molecule has 0 bridgehead atoms. The molecular weight excluding hydrogens is 348 g/mol. The number of nitro groups is 1. The SMILES string of the molecule is O=C(CCC(=O)OCc1ccccc1[N+](=O)[O-])Nc1ccc(Cl)cc1. The highest BCUT2D eigenvalue weighted by molar-refractivity contribution is 6.30. The molecule has 0 saturated heterocycles. The van der Waals surface area contributed by atoms with Crippen molar-refractivity contribution in [3.8, 4) is 0 Å². The number of nitrogens with one attached hydrogen (secondary N) is 1. The molecule has 0 radical (unpaired) electrons. The summed E-state index contributed by atoms with van der Waals surface area (Å²) in [7, 11) is 0. The molecule has 0 spiro atoms. The minimum Gasteiger partial charge on any atom is -0.461 e. The van der Waals surface area contributed by atoms with Crippen molar-refractivity contribution in [1.82, 2.24) is 0 Å². The third kappa shape index (κ3) is 5.89. The Hall–Kier alpha value is -2.93. The highest BCUT2D eigenvalue weighted by Crippen LogP contribution is 2.19. The number of carbonyl (C=O) groups excluding carboxylic acids is 2. The van der Waals surface area contributed by atoms with Crippen molar-refractivity contribution in [1.29, 1.82) is 0 Å². The number of hydrogen-bond donors (Lipinski definition) is 1. The van der Waals surface area contributed by atoms with Gasteiger partial charge in [-0.1, -0.05) is 23.7 Å². The standard InChI is InChI=1S/C17H15ClN2O5/c18-13-5-7-14(8-6-13)19-16(21)9-10-17(22)25-11-12-3-1-2-4-15(12)20(23)24/h1-8H,9-11H2,(H,19,21). The molecule has 130 valence electrons. The topological polar surface area (TPSA) is 98.5 Å². The second-order valence-corrected chi connectivity index (χ2v) is 5.54. The van der Waals surface area contributed by atoms with E-state index in [1.807, 2.05) is 0 Å². The summed E-state index contributed by atoms with van der Waals surface area (Å²) in [6.07, 6.45) is -0.182. The van der Waals surface area contributed by atoms with Gasteiger partial charge in [-0.25, -0.2) is 0 Å². The molecule has 2 aromatic rings. The fourth-order valence-corrected chi connectivity index (χ4v) is 2.14. The first kappa shape index (κ1) is 18.4. The molecule has 2 aromatic carbocycles. The van der Waals surface area contributed by atoms with E-state index in [0.29, 0.717) is 16.3 Å². The molecule has 0 aliphatic heterocycles. The lowest BCUT2D eigenvalue weighted by atomic mass is 10.2. The van der Waals surface area contributed by atoms with E-state index in [1.165, 1.54) is 18.2 Å². The number of halogens is 1. The summed E-state index contributed by atoms with van der Waals surface area (Å²) in [6, 6.07) is 12.6. The van der Waals surface area contributed by atoms with Crippen LogP contribution in [0.4, 0.5) is 11.4 Å². The quantitative estimate of drug-likeness (QED) is 0.460. The van der Waals surface area contributed by atoms with Crippen LogP contribution in [-0.2, 0) is 20.9 Å². The molecule has 0 aliphatic rings. The molecule has 0 saturated carbocycles. The number of benzene rings is 2. The molecule has 0 unspecified atom stereocenters. The van der Waals surface area contributed by atoms with Crippen LogP contribution >= 0.6 is 11.6 Å². The Morgan fingerprint density at radius 3 is 2.44 bits per heavy atom. The Labute approximate surface area is 148 Å². The smallest absolute Gasteiger partial charge is 0.306 e. The van der Waals surface area contributed by atoms with Crippen LogP contribution in [-0.4, -0.2) is 16.8 Å². The van der Waals surface area contributed by atoms with Crippen molar-refractivity contribution >= 4 is 34.9 Å². The molecule has 0 aliphatic carbocycles. The monoisotopic (exact) mass is 362 g/mol. The summed E-state index contributed by atoms with van der Waals surface area (Å²) in [5, 5.41) is 14.1. The van der Waals surface area contributed by atoms with Gasteiger partial charge >= 0.3 is 5.97 Å². The van der Waals surface area contributed by atoms with E-state index in [4.69, 9.17) is 16.3 Å². The summed E-state index contributed by atoms with van der Waals surface area (Å²) in [5.41, 5.74) is 0.755. The fourth-order valence-electron chi connectivity index (χ4n) is 2.01. The number of nitrogens with zero attached hydrogens (tertiary/aromatic N) is 1.